The van der Waals surface area contributed by atoms with Crippen molar-refractivity contribution in [1.29, 1.82) is 0 Å². The van der Waals surface area contributed by atoms with Gasteiger partial charge in [0.05, 0.1) is 11.3 Å². The van der Waals surface area contributed by atoms with E-state index in [9.17, 15) is 9.90 Å². The van der Waals surface area contributed by atoms with Crippen molar-refractivity contribution in [3.8, 4) is 17.0 Å². The Morgan fingerprint density at radius 2 is 2.12 bits per heavy atom. The largest absolute Gasteiger partial charge is 0.508 e. The summed E-state index contributed by atoms with van der Waals surface area (Å²) in [7, 11) is 0. The van der Waals surface area contributed by atoms with Gasteiger partial charge in [-0.05, 0) is 54.8 Å². The monoisotopic (exact) mass is 352 g/mol. The van der Waals surface area contributed by atoms with Crippen molar-refractivity contribution < 1.29 is 5.11 Å². The molecule has 1 aromatic carbocycles. The summed E-state index contributed by atoms with van der Waals surface area (Å²) in [6, 6.07) is 5.28. The van der Waals surface area contributed by atoms with Crippen molar-refractivity contribution >= 4 is 11.1 Å². The van der Waals surface area contributed by atoms with E-state index in [0.717, 1.165) is 11.1 Å². The van der Waals surface area contributed by atoms with E-state index >= 15 is 0 Å². The highest BCUT2D eigenvalue weighted by molar-refractivity contribution is 5.95. The lowest BCUT2D eigenvalue weighted by Gasteiger charge is -2.09. The number of nitrogens with zero attached hydrogens (tertiary/aromatic N) is 3. The van der Waals surface area contributed by atoms with Crippen LogP contribution in [0.1, 0.15) is 37.7 Å². The molecule has 0 saturated carbocycles. The minimum Gasteiger partial charge on any atom is -0.508 e. The highest BCUT2D eigenvalue weighted by atomic mass is 16.3. The molecule has 0 aliphatic carbocycles. The van der Waals surface area contributed by atoms with Crippen LogP contribution in [0.4, 0.5) is 0 Å². The van der Waals surface area contributed by atoms with E-state index in [1.165, 1.54) is 0 Å². The first kappa shape index (κ1) is 17.4. The molecule has 0 radical (unpaired) electrons. The predicted molar refractivity (Wildman–Crippen MR) is 99.4 cm³/mol. The fourth-order valence-electron chi connectivity index (χ4n) is 2.90. The number of aromatic nitrogens is 6. The minimum absolute atomic E-state index is 0.240. The maximum absolute atomic E-state index is 12.5. The van der Waals surface area contributed by atoms with Crippen LogP contribution >= 0.6 is 0 Å². The van der Waals surface area contributed by atoms with Crippen molar-refractivity contribution in [2.24, 2.45) is 0 Å². The van der Waals surface area contributed by atoms with Gasteiger partial charge in [-0.3, -0.25) is 15.0 Å². The number of phenols is 1. The molecule has 26 heavy (non-hydrogen) atoms. The standard InChI is InChI=1S/C18H20N6O2/c1-4-6-13(17-20-23-24-21-17)10(3)15-16(19-22-18(15)26)12-7-8-14(25)11(5-2)9-12/h4,6-9,25H,5H2,1-3H3,(H2,19,22,26)(H,20,21,23,24)/b6-4-,13-10-. The molecule has 0 atom stereocenters. The van der Waals surface area contributed by atoms with Crippen LogP contribution < -0.4 is 5.56 Å². The molecule has 4 N–H and O–H groups in total. The SMILES string of the molecule is C/C=C\C(=C(/C)c1c(-c2ccc(O)c(CC)c2)[nH][nH]c1=O)c1nn[nH]n1. The second-order valence-corrected chi connectivity index (χ2v) is 5.80. The highest BCUT2D eigenvalue weighted by Crippen LogP contribution is 2.31. The maximum Gasteiger partial charge on any atom is 0.272 e. The number of benzene rings is 1. The van der Waals surface area contributed by atoms with E-state index in [-0.39, 0.29) is 11.3 Å². The Morgan fingerprint density at radius 1 is 1.31 bits per heavy atom. The molecule has 0 spiro atoms. The first-order chi connectivity index (χ1) is 12.6. The topological polar surface area (TPSA) is 123 Å². The summed E-state index contributed by atoms with van der Waals surface area (Å²) in [5, 5.41) is 29.6. The molecular weight excluding hydrogens is 332 g/mol. The molecule has 0 aliphatic rings. The Bertz CT molecular complexity index is 1020. The fourth-order valence-corrected chi connectivity index (χ4v) is 2.90. The van der Waals surface area contributed by atoms with Crippen molar-refractivity contribution in [3.63, 3.8) is 0 Å². The van der Waals surface area contributed by atoms with E-state index in [1.54, 1.807) is 12.1 Å². The number of H-pyrrole nitrogens is 3. The minimum atomic E-state index is -0.242. The van der Waals surface area contributed by atoms with Crippen molar-refractivity contribution in [2.75, 3.05) is 0 Å². The molecule has 8 heteroatoms. The summed E-state index contributed by atoms with van der Waals surface area (Å²) in [5.74, 6) is 0.649. The van der Waals surface area contributed by atoms with Crippen molar-refractivity contribution in [1.82, 2.24) is 30.8 Å². The van der Waals surface area contributed by atoms with Gasteiger partial charge in [-0.1, -0.05) is 19.1 Å². The van der Waals surface area contributed by atoms with E-state index in [4.69, 9.17) is 0 Å². The lowest BCUT2D eigenvalue weighted by molar-refractivity contribution is 0.469. The number of nitrogens with one attached hydrogen (secondary N) is 3. The molecule has 0 saturated heterocycles. The summed E-state index contributed by atoms with van der Waals surface area (Å²) in [4.78, 5) is 12.5. The third-order valence-corrected chi connectivity index (χ3v) is 4.23. The van der Waals surface area contributed by atoms with Gasteiger partial charge in [0.1, 0.15) is 5.75 Å². The number of aryl methyl sites for hydroxylation is 1. The van der Waals surface area contributed by atoms with Gasteiger partial charge < -0.3 is 5.11 Å². The zero-order chi connectivity index (χ0) is 18.7. The molecule has 0 amide bonds. The van der Waals surface area contributed by atoms with Crippen LogP contribution in [0.15, 0.2) is 35.1 Å². The smallest absolute Gasteiger partial charge is 0.272 e. The summed E-state index contributed by atoms with van der Waals surface area (Å²) in [6.45, 7) is 5.68. The number of aromatic hydroxyl groups is 1. The van der Waals surface area contributed by atoms with Gasteiger partial charge in [-0.2, -0.15) is 5.21 Å². The van der Waals surface area contributed by atoms with Gasteiger partial charge in [-0.25, -0.2) is 0 Å². The fraction of sp³-hybridized carbons (Fsp3) is 0.222. The number of tetrazole rings is 1. The van der Waals surface area contributed by atoms with Gasteiger partial charge in [0, 0.05) is 11.1 Å². The van der Waals surface area contributed by atoms with Crippen molar-refractivity contribution in [3.05, 3.63) is 57.7 Å². The van der Waals surface area contributed by atoms with Crippen LogP contribution in [0.3, 0.4) is 0 Å². The van der Waals surface area contributed by atoms with Gasteiger partial charge in [0.15, 0.2) is 0 Å². The third-order valence-electron chi connectivity index (χ3n) is 4.23. The second-order valence-electron chi connectivity index (χ2n) is 5.80. The molecule has 0 bridgehead atoms. The predicted octanol–water partition coefficient (Wildman–Crippen LogP) is 2.66. The van der Waals surface area contributed by atoms with E-state index < -0.39 is 0 Å². The first-order valence-electron chi connectivity index (χ1n) is 8.27. The molecule has 0 unspecified atom stereocenters. The zero-order valence-corrected chi connectivity index (χ0v) is 14.8. The van der Waals surface area contributed by atoms with Crippen molar-refractivity contribution in [2.45, 2.75) is 27.2 Å². The molecule has 0 fully saturated rings. The average Bonchev–Trinajstić information content (AvgIpc) is 3.29. The van der Waals surface area contributed by atoms with Crippen LogP contribution in [-0.4, -0.2) is 35.9 Å². The highest BCUT2D eigenvalue weighted by Gasteiger charge is 2.19. The summed E-state index contributed by atoms with van der Waals surface area (Å²) in [5.41, 5.74) is 3.93. The van der Waals surface area contributed by atoms with Gasteiger partial charge in [0.25, 0.3) is 5.56 Å². The molecule has 3 aromatic rings. The quantitative estimate of drug-likeness (QED) is 0.526. The van der Waals surface area contributed by atoms with Crippen LogP contribution in [0.5, 0.6) is 5.75 Å². The Balaban J connectivity index is 2.22. The van der Waals surface area contributed by atoms with Crippen LogP contribution in [-0.2, 0) is 6.42 Å². The average molecular weight is 352 g/mol. The lowest BCUT2D eigenvalue weighted by atomic mass is 9.96. The zero-order valence-electron chi connectivity index (χ0n) is 14.8. The molecule has 2 aromatic heterocycles. The van der Waals surface area contributed by atoms with E-state index in [2.05, 4.69) is 30.8 Å². The number of phenolic OH excluding ortho intramolecular Hbond substituents is 1. The van der Waals surface area contributed by atoms with Gasteiger partial charge in [0.2, 0.25) is 5.82 Å². The summed E-state index contributed by atoms with van der Waals surface area (Å²) < 4.78 is 0. The third kappa shape index (κ3) is 3.08. The summed E-state index contributed by atoms with van der Waals surface area (Å²) in [6.07, 6.45) is 4.38. The maximum atomic E-state index is 12.5. The van der Waals surface area contributed by atoms with Gasteiger partial charge >= 0.3 is 0 Å². The second kappa shape index (κ2) is 7.22. The van der Waals surface area contributed by atoms with Gasteiger partial charge in [-0.15, -0.1) is 10.2 Å². The van der Waals surface area contributed by atoms with E-state index in [0.29, 0.717) is 34.6 Å². The van der Waals surface area contributed by atoms with E-state index in [1.807, 2.05) is 39.0 Å². The van der Waals surface area contributed by atoms with Crippen LogP contribution in [0, 0.1) is 0 Å². The normalized spacial score (nSPS) is 12.6. The molecule has 0 aliphatic heterocycles. The molecule has 2 heterocycles. The Labute approximate surface area is 149 Å². The number of hydrogen-bond donors (Lipinski definition) is 4. The first-order valence-corrected chi connectivity index (χ1v) is 8.27. The number of rotatable bonds is 5. The number of allylic oxidation sites excluding steroid dienone is 4. The molecular formula is C18H20N6O2. The number of aromatic amines is 3. The Kier molecular flexibility index (Phi) is 4.83. The molecule has 134 valence electrons. The van der Waals surface area contributed by atoms with Crippen LogP contribution in [0.2, 0.25) is 0 Å². The molecule has 3 rings (SSSR count). The molecule has 8 nitrogen and oxygen atoms in total. The lowest BCUT2D eigenvalue weighted by Crippen LogP contribution is -2.06. The van der Waals surface area contributed by atoms with Crippen LogP contribution in [0.25, 0.3) is 22.4 Å². The number of hydrogen-bond acceptors (Lipinski definition) is 5. The Hall–Kier alpha value is -3.42. The Morgan fingerprint density at radius 3 is 2.77 bits per heavy atom. The summed E-state index contributed by atoms with van der Waals surface area (Å²) >= 11 is 0.